The van der Waals surface area contributed by atoms with Crippen LogP contribution in [-0.2, 0) is 5.41 Å². The second kappa shape index (κ2) is 7.09. The van der Waals surface area contributed by atoms with E-state index in [1.165, 1.54) is 23.3 Å². The third-order valence-electron chi connectivity index (χ3n) is 3.73. The van der Waals surface area contributed by atoms with Crippen LogP contribution in [0.1, 0.15) is 44.9 Å². The number of hydrogen-bond donors (Lipinski definition) is 2. The summed E-state index contributed by atoms with van der Waals surface area (Å²) in [6.45, 7) is 8.66. The van der Waals surface area contributed by atoms with Gasteiger partial charge in [-0.1, -0.05) is 45.0 Å². The minimum atomic E-state index is -0.262. The molecule has 0 aliphatic heterocycles. The van der Waals surface area contributed by atoms with Crippen LogP contribution in [0.3, 0.4) is 0 Å². The summed E-state index contributed by atoms with van der Waals surface area (Å²) in [4.78, 5) is 0. The standard InChI is InChI=1S/C19H23FN2S/c1-13(14-5-7-15(8-6-14)19(2,3)4)21-18(23)22-17-11-9-16(20)10-12-17/h5-13H,1-4H3,(H2,21,22,23). The third-order valence-corrected chi connectivity index (χ3v) is 3.95. The molecule has 2 nitrogen and oxygen atoms in total. The highest BCUT2D eigenvalue weighted by Gasteiger charge is 2.14. The Morgan fingerprint density at radius 1 is 1.00 bits per heavy atom. The predicted octanol–water partition coefficient (Wildman–Crippen LogP) is 5.17. The third kappa shape index (κ3) is 5.03. The first-order chi connectivity index (χ1) is 10.8. The van der Waals surface area contributed by atoms with Crippen LogP contribution in [0.15, 0.2) is 48.5 Å². The van der Waals surface area contributed by atoms with Crippen molar-refractivity contribution in [3.63, 3.8) is 0 Å². The van der Waals surface area contributed by atoms with Crippen LogP contribution in [0.4, 0.5) is 10.1 Å². The van der Waals surface area contributed by atoms with Gasteiger partial charge in [0.2, 0.25) is 0 Å². The van der Waals surface area contributed by atoms with Gasteiger partial charge in [0.15, 0.2) is 5.11 Å². The lowest BCUT2D eigenvalue weighted by molar-refractivity contribution is 0.589. The summed E-state index contributed by atoms with van der Waals surface area (Å²) in [6.07, 6.45) is 0. The summed E-state index contributed by atoms with van der Waals surface area (Å²) >= 11 is 5.31. The molecule has 0 fully saturated rings. The molecule has 2 aromatic rings. The molecule has 0 aromatic heterocycles. The van der Waals surface area contributed by atoms with E-state index in [2.05, 4.69) is 62.6 Å². The minimum Gasteiger partial charge on any atom is -0.356 e. The highest BCUT2D eigenvalue weighted by molar-refractivity contribution is 7.80. The van der Waals surface area contributed by atoms with Crippen molar-refractivity contribution in [3.05, 3.63) is 65.5 Å². The SMILES string of the molecule is CC(NC(=S)Nc1ccc(F)cc1)c1ccc(C(C)(C)C)cc1. The van der Waals surface area contributed by atoms with Crippen LogP contribution in [-0.4, -0.2) is 5.11 Å². The lowest BCUT2D eigenvalue weighted by Crippen LogP contribution is -2.30. The molecule has 0 saturated carbocycles. The fraction of sp³-hybridized carbons (Fsp3) is 0.316. The van der Waals surface area contributed by atoms with Gasteiger partial charge in [0.1, 0.15) is 5.82 Å². The van der Waals surface area contributed by atoms with E-state index < -0.39 is 0 Å². The maximum atomic E-state index is 12.9. The Hall–Kier alpha value is -1.94. The zero-order valence-electron chi connectivity index (χ0n) is 14.0. The van der Waals surface area contributed by atoms with E-state index in [4.69, 9.17) is 12.2 Å². The fourth-order valence-electron chi connectivity index (χ4n) is 2.25. The average Bonchev–Trinajstić information content (AvgIpc) is 2.49. The van der Waals surface area contributed by atoms with E-state index >= 15 is 0 Å². The summed E-state index contributed by atoms with van der Waals surface area (Å²) in [6, 6.07) is 14.8. The topological polar surface area (TPSA) is 24.1 Å². The molecule has 0 amide bonds. The number of anilines is 1. The van der Waals surface area contributed by atoms with Crippen LogP contribution in [0.5, 0.6) is 0 Å². The summed E-state index contributed by atoms with van der Waals surface area (Å²) in [7, 11) is 0. The summed E-state index contributed by atoms with van der Waals surface area (Å²) in [5.74, 6) is -0.262. The van der Waals surface area contributed by atoms with Crippen LogP contribution in [0.2, 0.25) is 0 Å². The van der Waals surface area contributed by atoms with Crippen molar-refractivity contribution in [2.45, 2.75) is 39.2 Å². The molecule has 0 heterocycles. The summed E-state index contributed by atoms with van der Waals surface area (Å²) in [5.41, 5.74) is 3.38. The largest absolute Gasteiger partial charge is 0.356 e. The highest BCUT2D eigenvalue weighted by atomic mass is 32.1. The lowest BCUT2D eigenvalue weighted by Gasteiger charge is -2.21. The molecular weight excluding hydrogens is 307 g/mol. The van der Waals surface area contributed by atoms with Gasteiger partial charge >= 0.3 is 0 Å². The smallest absolute Gasteiger partial charge is 0.171 e. The van der Waals surface area contributed by atoms with E-state index in [1.54, 1.807) is 12.1 Å². The van der Waals surface area contributed by atoms with Crippen molar-refractivity contribution in [3.8, 4) is 0 Å². The van der Waals surface area contributed by atoms with Crippen LogP contribution < -0.4 is 10.6 Å². The molecule has 122 valence electrons. The van der Waals surface area contributed by atoms with Crippen molar-refractivity contribution in [1.29, 1.82) is 0 Å². The quantitative estimate of drug-likeness (QED) is 0.759. The second-order valence-corrected chi connectivity index (χ2v) is 7.11. The van der Waals surface area contributed by atoms with Gasteiger partial charge in [-0.15, -0.1) is 0 Å². The lowest BCUT2D eigenvalue weighted by atomic mass is 9.86. The molecule has 0 aliphatic rings. The molecular formula is C19H23FN2S. The van der Waals surface area contributed by atoms with Crippen molar-refractivity contribution < 1.29 is 4.39 Å². The highest BCUT2D eigenvalue weighted by Crippen LogP contribution is 2.24. The molecule has 0 bridgehead atoms. The molecule has 1 atom stereocenters. The van der Waals surface area contributed by atoms with Crippen molar-refractivity contribution in [2.75, 3.05) is 5.32 Å². The molecule has 0 aliphatic carbocycles. The predicted molar refractivity (Wildman–Crippen MR) is 99.3 cm³/mol. The van der Waals surface area contributed by atoms with Crippen LogP contribution >= 0.6 is 12.2 Å². The average molecular weight is 330 g/mol. The molecule has 4 heteroatoms. The maximum Gasteiger partial charge on any atom is 0.171 e. The first kappa shape index (κ1) is 17.4. The maximum absolute atomic E-state index is 12.9. The van der Waals surface area contributed by atoms with Crippen LogP contribution in [0.25, 0.3) is 0 Å². The van der Waals surface area contributed by atoms with Crippen LogP contribution in [0, 0.1) is 5.82 Å². The Kier molecular flexibility index (Phi) is 5.37. The Labute approximate surface area is 143 Å². The van der Waals surface area contributed by atoms with Gasteiger partial charge < -0.3 is 10.6 Å². The van der Waals surface area contributed by atoms with E-state index in [9.17, 15) is 4.39 Å². The Morgan fingerprint density at radius 2 is 1.57 bits per heavy atom. The molecule has 2 rings (SSSR count). The van der Waals surface area contributed by atoms with Crippen molar-refractivity contribution in [2.24, 2.45) is 0 Å². The van der Waals surface area contributed by atoms with Gasteiger partial charge in [-0.3, -0.25) is 0 Å². The number of benzene rings is 2. The molecule has 2 aromatic carbocycles. The Balaban J connectivity index is 1.96. The second-order valence-electron chi connectivity index (χ2n) is 6.70. The number of hydrogen-bond acceptors (Lipinski definition) is 1. The van der Waals surface area contributed by atoms with E-state index in [-0.39, 0.29) is 17.3 Å². The van der Waals surface area contributed by atoms with E-state index in [0.717, 1.165) is 5.69 Å². The normalized spacial score (nSPS) is 12.6. The summed E-state index contributed by atoms with van der Waals surface area (Å²) < 4.78 is 12.9. The van der Waals surface area contributed by atoms with Gasteiger partial charge in [0.25, 0.3) is 0 Å². The van der Waals surface area contributed by atoms with Gasteiger partial charge in [0, 0.05) is 5.69 Å². The first-order valence-electron chi connectivity index (χ1n) is 7.69. The Bertz CT molecular complexity index is 657. The Morgan fingerprint density at radius 3 is 2.09 bits per heavy atom. The van der Waals surface area contributed by atoms with Gasteiger partial charge in [-0.05, 0) is 59.9 Å². The number of thiocarbonyl (C=S) groups is 1. The number of halogens is 1. The van der Waals surface area contributed by atoms with E-state index in [0.29, 0.717) is 5.11 Å². The molecule has 0 spiro atoms. The van der Waals surface area contributed by atoms with Gasteiger partial charge in [-0.2, -0.15) is 0 Å². The molecule has 23 heavy (non-hydrogen) atoms. The number of rotatable bonds is 3. The monoisotopic (exact) mass is 330 g/mol. The zero-order chi connectivity index (χ0) is 17.0. The van der Waals surface area contributed by atoms with Gasteiger partial charge in [0.05, 0.1) is 6.04 Å². The minimum absolute atomic E-state index is 0.0875. The molecule has 0 radical (unpaired) electrons. The van der Waals surface area contributed by atoms with Gasteiger partial charge in [-0.25, -0.2) is 4.39 Å². The molecule has 2 N–H and O–H groups in total. The zero-order valence-corrected chi connectivity index (χ0v) is 14.8. The first-order valence-corrected chi connectivity index (χ1v) is 8.10. The molecule has 1 unspecified atom stereocenters. The van der Waals surface area contributed by atoms with E-state index in [1.807, 2.05) is 0 Å². The van der Waals surface area contributed by atoms with Crippen molar-refractivity contribution in [1.82, 2.24) is 5.32 Å². The van der Waals surface area contributed by atoms with Crippen molar-refractivity contribution >= 4 is 23.0 Å². The summed E-state index contributed by atoms with van der Waals surface area (Å²) in [5, 5.41) is 6.82. The molecule has 0 saturated heterocycles. The fourth-order valence-corrected chi connectivity index (χ4v) is 2.55. The number of nitrogens with one attached hydrogen (secondary N) is 2.